The molecule has 0 bridgehead atoms. The summed E-state index contributed by atoms with van der Waals surface area (Å²) in [4.78, 5) is 14.3. The molecule has 1 heterocycles. The summed E-state index contributed by atoms with van der Waals surface area (Å²) in [6.45, 7) is 2.03. The number of aromatic nitrogens is 1. The van der Waals surface area contributed by atoms with Gasteiger partial charge in [0, 0.05) is 23.6 Å². The molecule has 0 saturated heterocycles. The number of rotatable bonds is 8. The number of anilines is 1. The van der Waals surface area contributed by atoms with E-state index in [1.54, 1.807) is 25.1 Å². The third-order valence-electron chi connectivity index (χ3n) is 3.46. The molecular formula is C16H21BrN4O4S. The molecule has 142 valence electrons. The van der Waals surface area contributed by atoms with E-state index < -0.39 is 15.9 Å². The summed E-state index contributed by atoms with van der Waals surface area (Å²) in [5, 5.41) is 6.22. The fourth-order valence-corrected chi connectivity index (χ4v) is 3.77. The maximum atomic E-state index is 12.9. The number of carbonyl (C=O) groups is 1. The van der Waals surface area contributed by atoms with Crippen molar-refractivity contribution in [3.63, 3.8) is 0 Å². The van der Waals surface area contributed by atoms with Crippen LogP contribution in [0.25, 0.3) is 0 Å². The average Bonchev–Trinajstić information content (AvgIpc) is 2.96. The van der Waals surface area contributed by atoms with E-state index in [4.69, 9.17) is 4.52 Å². The largest absolute Gasteiger partial charge is 0.360 e. The van der Waals surface area contributed by atoms with Crippen LogP contribution in [0.15, 0.2) is 44.2 Å². The van der Waals surface area contributed by atoms with Crippen LogP contribution in [0.1, 0.15) is 5.76 Å². The van der Waals surface area contributed by atoms with E-state index >= 15 is 0 Å². The number of nitrogens with zero attached hydrogens (tertiary/aromatic N) is 3. The van der Waals surface area contributed by atoms with Gasteiger partial charge in [0.15, 0.2) is 5.82 Å². The molecule has 0 unspecified atom stereocenters. The Bertz CT molecular complexity index is 849. The van der Waals surface area contributed by atoms with E-state index in [2.05, 4.69) is 26.4 Å². The van der Waals surface area contributed by atoms with Gasteiger partial charge in [0.1, 0.15) is 5.76 Å². The Labute approximate surface area is 161 Å². The normalized spacial score (nSPS) is 11.9. The van der Waals surface area contributed by atoms with Crippen molar-refractivity contribution < 1.29 is 17.7 Å². The van der Waals surface area contributed by atoms with E-state index in [-0.39, 0.29) is 23.8 Å². The number of hydrogen-bond acceptors (Lipinski definition) is 6. The zero-order chi connectivity index (χ0) is 19.3. The molecule has 1 N–H and O–H groups in total. The van der Waals surface area contributed by atoms with Crippen molar-refractivity contribution in [1.29, 1.82) is 0 Å². The highest BCUT2D eigenvalue weighted by atomic mass is 79.9. The minimum atomic E-state index is -3.81. The lowest BCUT2D eigenvalue weighted by atomic mass is 10.4. The molecule has 8 nitrogen and oxygen atoms in total. The van der Waals surface area contributed by atoms with Crippen LogP contribution >= 0.6 is 15.9 Å². The molecule has 2 rings (SSSR count). The van der Waals surface area contributed by atoms with Crippen LogP contribution in [-0.4, -0.2) is 62.4 Å². The van der Waals surface area contributed by atoms with Crippen molar-refractivity contribution >= 4 is 37.7 Å². The van der Waals surface area contributed by atoms with Crippen LogP contribution < -0.4 is 5.32 Å². The molecule has 10 heteroatoms. The molecule has 2 aromatic rings. The molecule has 26 heavy (non-hydrogen) atoms. The topological polar surface area (TPSA) is 95.8 Å². The van der Waals surface area contributed by atoms with Gasteiger partial charge in [-0.1, -0.05) is 21.1 Å². The SMILES string of the molecule is Cc1cc(NC(=O)CN(CCN(C)C)S(=O)(=O)c2ccc(Br)cc2)no1. The molecule has 1 amide bonds. The van der Waals surface area contributed by atoms with Crippen molar-refractivity contribution in [2.75, 3.05) is 39.0 Å². The first kappa shape index (κ1) is 20.6. The van der Waals surface area contributed by atoms with Gasteiger partial charge in [-0.15, -0.1) is 0 Å². The molecular weight excluding hydrogens is 424 g/mol. The number of amides is 1. The van der Waals surface area contributed by atoms with E-state index in [0.717, 1.165) is 8.78 Å². The van der Waals surface area contributed by atoms with Crippen molar-refractivity contribution in [3.8, 4) is 0 Å². The van der Waals surface area contributed by atoms with Gasteiger partial charge in [-0.25, -0.2) is 8.42 Å². The van der Waals surface area contributed by atoms with Crippen molar-refractivity contribution in [2.45, 2.75) is 11.8 Å². The Hall–Kier alpha value is -1.75. The second-order valence-electron chi connectivity index (χ2n) is 5.97. The molecule has 1 aromatic heterocycles. The first-order chi connectivity index (χ1) is 12.2. The van der Waals surface area contributed by atoms with Gasteiger partial charge >= 0.3 is 0 Å². The third-order valence-corrected chi connectivity index (χ3v) is 5.85. The molecule has 0 aliphatic carbocycles. The Morgan fingerprint density at radius 2 is 1.88 bits per heavy atom. The molecule has 0 aliphatic rings. The maximum absolute atomic E-state index is 12.9. The number of carbonyl (C=O) groups excluding carboxylic acids is 1. The molecule has 0 atom stereocenters. The van der Waals surface area contributed by atoms with Crippen LogP contribution in [0.4, 0.5) is 5.82 Å². The van der Waals surface area contributed by atoms with E-state index in [1.165, 1.54) is 12.1 Å². The Balaban J connectivity index is 2.18. The molecule has 0 aliphatic heterocycles. The van der Waals surface area contributed by atoms with Crippen molar-refractivity contribution in [2.24, 2.45) is 0 Å². The predicted molar refractivity (Wildman–Crippen MR) is 101 cm³/mol. The monoisotopic (exact) mass is 444 g/mol. The highest BCUT2D eigenvalue weighted by molar-refractivity contribution is 9.10. The second kappa shape index (κ2) is 8.76. The van der Waals surface area contributed by atoms with Gasteiger partial charge in [-0.05, 0) is 45.3 Å². The quantitative estimate of drug-likeness (QED) is 0.667. The molecule has 1 aromatic carbocycles. The van der Waals surface area contributed by atoms with E-state index in [1.807, 2.05) is 19.0 Å². The number of hydrogen-bond donors (Lipinski definition) is 1. The highest BCUT2D eigenvalue weighted by Crippen LogP contribution is 2.19. The summed E-state index contributed by atoms with van der Waals surface area (Å²) in [5.41, 5.74) is 0. The van der Waals surface area contributed by atoms with Crippen LogP contribution in [0.2, 0.25) is 0 Å². The van der Waals surface area contributed by atoms with Gasteiger partial charge in [0.2, 0.25) is 15.9 Å². The summed E-state index contributed by atoms with van der Waals surface area (Å²) in [6, 6.07) is 7.86. The smallest absolute Gasteiger partial charge is 0.243 e. The van der Waals surface area contributed by atoms with E-state index in [0.29, 0.717) is 12.3 Å². The molecule has 0 saturated carbocycles. The average molecular weight is 445 g/mol. The first-order valence-corrected chi connectivity index (χ1v) is 10.1. The predicted octanol–water partition coefficient (Wildman–Crippen LogP) is 1.94. The summed E-state index contributed by atoms with van der Waals surface area (Å²) in [5.74, 6) is 0.311. The van der Waals surface area contributed by atoms with Crippen LogP contribution in [-0.2, 0) is 14.8 Å². The van der Waals surface area contributed by atoms with Gasteiger partial charge < -0.3 is 14.7 Å². The van der Waals surface area contributed by atoms with Gasteiger partial charge in [0.25, 0.3) is 0 Å². The lowest BCUT2D eigenvalue weighted by molar-refractivity contribution is -0.116. The second-order valence-corrected chi connectivity index (χ2v) is 8.82. The van der Waals surface area contributed by atoms with Gasteiger partial charge in [-0.3, -0.25) is 4.79 Å². The standard InChI is InChI=1S/C16H21BrN4O4S/c1-12-10-15(19-25-12)18-16(22)11-21(9-8-20(2)3)26(23,24)14-6-4-13(17)5-7-14/h4-7,10H,8-9,11H2,1-3H3,(H,18,19,22). The fraction of sp³-hybridized carbons (Fsp3) is 0.375. The zero-order valence-electron chi connectivity index (χ0n) is 14.8. The number of sulfonamides is 1. The lowest BCUT2D eigenvalue weighted by Crippen LogP contribution is -2.41. The summed E-state index contributed by atoms with van der Waals surface area (Å²) < 4.78 is 32.7. The third kappa shape index (κ3) is 5.63. The summed E-state index contributed by atoms with van der Waals surface area (Å²) in [6.07, 6.45) is 0. The number of aryl methyl sites for hydroxylation is 1. The Kier molecular flexibility index (Phi) is 6.93. The minimum Gasteiger partial charge on any atom is -0.360 e. The van der Waals surface area contributed by atoms with Crippen LogP contribution in [0, 0.1) is 6.92 Å². The Morgan fingerprint density at radius 3 is 2.42 bits per heavy atom. The molecule has 0 radical (unpaired) electrons. The van der Waals surface area contributed by atoms with Crippen LogP contribution in [0.3, 0.4) is 0 Å². The lowest BCUT2D eigenvalue weighted by Gasteiger charge is -2.23. The van der Waals surface area contributed by atoms with E-state index in [9.17, 15) is 13.2 Å². The number of likely N-dealkylation sites (N-methyl/N-ethyl adjacent to an activating group) is 1. The minimum absolute atomic E-state index is 0.129. The number of nitrogens with one attached hydrogen (secondary N) is 1. The highest BCUT2D eigenvalue weighted by Gasteiger charge is 2.27. The summed E-state index contributed by atoms with van der Waals surface area (Å²) in [7, 11) is -0.143. The molecule has 0 fully saturated rings. The first-order valence-electron chi connectivity index (χ1n) is 7.82. The fourth-order valence-electron chi connectivity index (χ4n) is 2.12. The molecule has 0 spiro atoms. The van der Waals surface area contributed by atoms with Crippen molar-refractivity contribution in [3.05, 3.63) is 40.6 Å². The number of benzene rings is 1. The van der Waals surface area contributed by atoms with Gasteiger partial charge in [-0.2, -0.15) is 4.31 Å². The van der Waals surface area contributed by atoms with Gasteiger partial charge in [0.05, 0.1) is 11.4 Å². The zero-order valence-corrected chi connectivity index (χ0v) is 17.2. The summed E-state index contributed by atoms with van der Waals surface area (Å²) >= 11 is 3.28. The van der Waals surface area contributed by atoms with Crippen molar-refractivity contribution in [1.82, 2.24) is 14.4 Å². The van der Waals surface area contributed by atoms with Crippen LogP contribution in [0.5, 0.6) is 0 Å². The maximum Gasteiger partial charge on any atom is 0.243 e. The Morgan fingerprint density at radius 1 is 1.23 bits per heavy atom. The number of halogens is 1.